The molecule has 0 aliphatic heterocycles. The SMILES string of the molecule is COc1ccc(-c2nn(-c3ccccc3)cc2/C=N/Nc2nc3ccccc3[nH]2)cc1. The van der Waals surface area contributed by atoms with Crippen LogP contribution in [0, 0.1) is 0 Å². The molecule has 0 atom stereocenters. The molecule has 152 valence electrons. The second kappa shape index (κ2) is 8.16. The van der Waals surface area contributed by atoms with E-state index in [1.165, 1.54) is 0 Å². The molecule has 7 heteroatoms. The number of para-hydroxylation sites is 3. The molecule has 2 heterocycles. The van der Waals surface area contributed by atoms with Crippen LogP contribution >= 0.6 is 0 Å². The van der Waals surface area contributed by atoms with Gasteiger partial charge in [-0.2, -0.15) is 10.2 Å². The number of hydrogen-bond donors (Lipinski definition) is 2. The summed E-state index contributed by atoms with van der Waals surface area (Å²) in [5, 5.41) is 9.19. The van der Waals surface area contributed by atoms with E-state index in [0.29, 0.717) is 5.95 Å². The highest BCUT2D eigenvalue weighted by Gasteiger charge is 2.11. The maximum Gasteiger partial charge on any atom is 0.222 e. The van der Waals surface area contributed by atoms with Crippen molar-refractivity contribution in [3.8, 4) is 22.7 Å². The summed E-state index contributed by atoms with van der Waals surface area (Å²) in [5.74, 6) is 1.38. The van der Waals surface area contributed by atoms with Crippen LogP contribution in [-0.2, 0) is 0 Å². The zero-order chi connectivity index (χ0) is 21.0. The number of imidazole rings is 1. The zero-order valence-electron chi connectivity index (χ0n) is 16.9. The van der Waals surface area contributed by atoms with Crippen molar-refractivity contribution in [2.24, 2.45) is 5.10 Å². The molecule has 2 N–H and O–H groups in total. The van der Waals surface area contributed by atoms with E-state index < -0.39 is 0 Å². The molecule has 3 aromatic carbocycles. The van der Waals surface area contributed by atoms with Crippen LogP contribution in [0.2, 0.25) is 0 Å². The van der Waals surface area contributed by atoms with E-state index in [-0.39, 0.29) is 0 Å². The number of aromatic nitrogens is 4. The van der Waals surface area contributed by atoms with Crippen molar-refractivity contribution < 1.29 is 4.74 Å². The Morgan fingerprint density at radius 2 is 1.74 bits per heavy atom. The first-order chi connectivity index (χ1) is 15.3. The van der Waals surface area contributed by atoms with Crippen molar-refractivity contribution in [1.82, 2.24) is 19.7 Å². The first-order valence-electron chi connectivity index (χ1n) is 9.83. The van der Waals surface area contributed by atoms with Gasteiger partial charge in [-0.3, -0.25) is 0 Å². The molecule has 0 amide bonds. The molecule has 0 saturated carbocycles. The minimum absolute atomic E-state index is 0.582. The summed E-state index contributed by atoms with van der Waals surface area (Å²) in [6.45, 7) is 0. The van der Waals surface area contributed by atoms with E-state index in [1.807, 2.05) is 89.7 Å². The van der Waals surface area contributed by atoms with E-state index in [9.17, 15) is 0 Å². The van der Waals surface area contributed by atoms with Crippen LogP contribution in [-0.4, -0.2) is 33.1 Å². The summed E-state index contributed by atoms with van der Waals surface area (Å²) >= 11 is 0. The fraction of sp³-hybridized carbons (Fsp3) is 0.0417. The first-order valence-corrected chi connectivity index (χ1v) is 9.83. The second-order valence-electron chi connectivity index (χ2n) is 6.91. The average Bonchev–Trinajstić information content (AvgIpc) is 3.44. The number of methoxy groups -OCH3 is 1. The predicted molar refractivity (Wildman–Crippen MR) is 123 cm³/mol. The third kappa shape index (κ3) is 3.89. The first kappa shape index (κ1) is 18.6. The van der Waals surface area contributed by atoms with Crippen molar-refractivity contribution in [3.63, 3.8) is 0 Å². The van der Waals surface area contributed by atoms with Gasteiger partial charge in [-0.25, -0.2) is 15.1 Å². The van der Waals surface area contributed by atoms with Crippen molar-refractivity contribution in [2.75, 3.05) is 12.5 Å². The predicted octanol–water partition coefficient (Wildman–Crippen LogP) is 4.87. The normalized spacial score (nSPS) is 11.3. The highest BCUT2D eigenvalue weighted by Crippen LogP contribution is 2.25. The van der Waals surface area contributed by atoms with Gasteiger partial charge in [-0.15, -0.1) is 0 Å². The lowest BCUT2D eigenvalue weighted by Crippen LogP contribution is -1.94. The lowest BCUT2D eigenvalue weighted by molar-refractivity contribution is 0.415. The number of rotatable bonds is 6. The van der Waals surface area contributed by atoms with Crippen molar-refractivity contribution >= 4 is 23.2 Å². The molecule has 0 bridgehead atoms. The topological polar surface area (TPSA) is 80.1 Å². The Balaban J connectivity index is 1.47. The zero-order valence-corrected chi connectivity index (χ0v) is 16.9. The number of nitrogens with one attached hydrogen (secondary N) is 2. The maximum atomic E-state index is 5.28. The fourth-order valence-corrected chi connectivity index (χ4v) is 3.34. The molecular formula is C24H20N6O. The van der Waals surface area contributed by atoms with Crippen molar-refractivity contribution in [1.29, 1.82) is 0 Å². The number of nitrogens with zero attached hydrogens (tertiary/aromatic N) is 4. The molecule has 0 radical (unpaired) electrons. The molecule has 0 fully saturated rings. The summed E-state index contributed by atoms with van der Waals surface area (Å²) in [5.41, 5.74) is 8.45. The molecule has 7 nitrogen and oxygen atoms in total. The van der Waals surface area contributed by atoms with E-state index in [4.69, 9.17) is 9.84 Å². The summed E-state index contributed by atoms with van der Waals surface area (Å²) in [6, 6.07) is 25.6. The van der Waals surface area contributed by atoms with Crippen LogP contribution in [0.4, 0.5) is 5.95 Å². The van der Waals surface area contributed by atoms with Gasteiger partial charge in [0.2, 0.25) is 5.95 Å². The monoisotopic (exact) mass is 408 g/mol. The van der Waals surface area contributed by atoms with E-state index in [1.54, 1.807) is 13.3 Å². The van der Waals surface area contributed by atoms with E-state index >= 15 is 0 Å². The number of fused-ring (bicyclic) bond motifs is 1. The van der Waals surface area contributed by atoms with Crippen LogP contribution in [0.5, 0.6) is 5.75 Å². The quantitative estimate of drug-likeness (QED) is 0.310. The van der Waals surface area contributed by atoms with E-state index in [0.717, 1.165) is 39.3 Å². The third-order valence-corrected chi connectivity index (χ3v) is 4.89. The van der Waals surface area contributed by atoms with Gasteiger partial charge in [0.05, 0.1) is 30.0 Å². The number of H-pyrrole nitrogens is 1. The van der Waals surface area contributed by atoms with E-state index in [2.05, 4.69) is 20.5 Å². The smallest absolute Gasteiger partial charge is 0.222 e. The van der Waals surface area contributed by atoms with Gasteiger partial charge in [0.25, 0.3) is 0 Å². The Hall–Kier alpha value is -4.39. The molecule has 0 unspecified atom stereocenters. The fourth-order valence-electron chi connectivity index (χ4n) is 3.34. The van der Waals surface area contributed by atoms with Crippen molar-refractivity contribution in [2.45, 2.75) is 0 Å². The summed E-state index contributed by atoms with van der Waals surface area (Å²) in [7, 11) is 1.65. The largest absolute Gasteiger partial charge is 0.497 e. The molecule has 0 aliphatic carbocycles. The van der Waals surface area contributed by atoms with Gasteiger partial charge >= 0.3 is 0 Å². The average molecular weight is 408 g/mol. The molecule has 0 aliphatic rings. The summed E-state index contributed by atoms with van der Waals surface area (Å²) in [4.78, 5) is 7.68. The Labute approximate surface area is 179 Å². The molecule has 31 heavy (non-hydrogen) atoms. The molecule has 5 aromatic rings. The Bertz CT molecular complexity index is 1300. The van der Waals surface area contributed by atoms with Gasteiger partial charge in [0.15, 0.2) is 0 Å². The Morgan fingerprint density at radius 1 is 0.968 bits per heavy atom. The van der Waals surface area contributed by atoms with Crippen molar-refractivity contribution in [3.05, 3.63) is 90.6 Å². The number of anilines is 1. The van der Waals surface area contributed by atoms with Gasteiger partial charge in [0, 0.05) is 17.3 Å². The van der Waals surface area contributed by atoms with Gasteiger partial charge in [0.1, 0.15) is 11.4 Å². The van der Waals surface area contributed by atoms with Gasteiger partial charge < -0.3 is 9.72 Å². The lowest BCUT2D eigenvalue weighted by atomic mass is 10.1. The molecule has 2 aromatic heterocycles. The highest BCUT2D eigenvalue weighted by atomic mass is 16.5. The number of benzene rings is 3. The summed E-state index contributed by atoms with van der Waals surface area (Å²) < 4.78 is 7.13. The highest BCUT2D eigenvalue weighted by molar-refractivity contribution is 5.89. The molecular weight excluding hydrogens is 388 g/mol. The van der Waals surface area contributed by atoms with Crippen LogP contribution < -0.4 is 10.2 Å². The van der Waals surface area contributed by atoms with Gasteiger partial charge in [-0.1, -0.05) is 30.3 Å². The minimum Gasteiger partial charge on any atom is -0.497 e. The van der Waals surface area contributed by atoms with Crippen LogP contribution in [0.25, 0.3) is 28.0 Å². The number of ether oxygens (including phenoxy) is 1. The Morgan fingerprint density at radius 3 is 2.52 bits per heavy atom. The minimum atomic E-state index is 0.582. The number of hydrogen-bond acceptors (Lipinski definition) is 5. The standard InChI is InChI=1S/C24H20N6O/c1-31-20-13-11-17(12-14-20)23-18(16-30(29-23)19-7-3-2-4-8-19)15-25-28-24-26-21-9-5-6-10-22(21)27-24/h2-16H,1H3,(H2,26,27,28)/b25-15+. The lowest BCUT2D eigenvalue weighted by Gasteiger charge is -2.02. The molecule has 0 saturated heterocycles. The molecule has 5 rings (SSSR count). The Kier molecular flexibility index (Phi) is 4.90. The molecule has 0 spiro atoms. The maximum absolute atomic E-state index is 5.28. The third-order valence-electron chi connectivity index (χ3n) is 4.89. The number of aromatic amines is 1. The van der Waals surface area contributed by atoms with Gasteiger partial charge in [-0.05, 0) is 48.5 Å². The van der Waals surface area contributed by atoms with Crippen LogP contribution in [0.3, 0.4) is 0 Å². The van der Waals surface area contributed by atoms with Crippen LogP contribution in [0.1, 0.15) is 5.56 Å². The number of hydrazone groups is 1. The summed E-state index contributed by atoms with van der Waals surface area (Å²) in [6.07, 6.45) is 3.71. The van der Waals surface area contributed by atoms with Crippen LogP contribution in [0.15, 0.2) is 90.2 Å². The second-order valence-corrected chi connectivity index (χ2v) is 6.91.